The number of amides is 2. The predicted octanol–water partition coefficient (Wildman–Crippen LogP) is 5.50. The number of thioether (sulfide) groups is 1. The predicted molar refractivity (Wildman–Crippen MR) is 136 cm³/mol. The van der Waals surface area contributed by atoms with Gasteiger partial charge in [-0.25, -0.2) is 4.98 Å². The third kappa shape index (κ3) is 6.43. The summed E-state index contributed by atoms with van der Waals surface area (Å²) in [5.41, 5.74) is 2.36. The van der Waals surface area contributed by atoms with Gasteiger partial charge in [0.05, 0.1) is 17.9 Å². The highest BCUT2D eigenvalue weighted by Crippen LogP contribution is 2.28. The van der Waals surface area contributed by atoms with E-state index in [2.05, 4.69) is 39.9 Å². The van der Waals surface area contributed by atoms with Gasteiger partial charge >= 0.3 is 5.97 Å². The highest BCUT2D eigenvalue weighted by Gasteiger charge is 2.10. The Morgan fingerprint density at radius 2 is 1.71 bits per heavy atom. The fourth-order valence-corrected chi connectivity index (χ4v) is 4.72. The van der Waals surface area contributed by atoms with E-state index in [1.807, 2.05) is 29.6 Å². The summed E-state index contributed by atoms with van der Waals surface area (Å²) in [4.78, 5) is 40.2. The Morgan fingerprint density at radius 1 is 0.882 bits per heavy atom. The number of thiazole rings is 1. The van der Waals surface area contributed by atoms with Gasteiger partial charge in [0.2, 0.25) is 11.8 Å². The number of carbonyl (C=O) groups excluding carboxylic acids is 2. The summed E-state index contributed by atoms with van der Waals surface area (Å²) in [5, 5.41) is 18.9. The second kappa shape index (κ2) is 11.0. The van der Waals surface area contributed by atoms with Crippen molar-refractivity contribution in [2.45, 2.75) is 17.7 Å². The molecule has 172 valence electrons. The van der Waals surface area contributed by atoms with Crippen molar-refractivity contribution in [3.8, 4) is 11.3 Å². The number of fused-ring (bicyclic) bond motifs is 1. The number of hydrogen-bond donors (Lipinski definition) is 3. The smallest absolute Gasteiger partial charge is 0.303 e. The molecule has 3 aromatic carbocycles. The number of carboxylic acid groups (broad SMARTS) is 1. The van der Waals surface area contributed by atoms with Crippen molar-refractivity contribution in [1.82, 2.24) is 4.98 Å². The van der Waals surface area contributed by atoms with Crippen molar-refractivity contribution in [2.24, 2.45) is 0 Å². The van der Waals surface area contributed by atoms with Crippen LogP contribution < -0.4 is 10.6 Å². The minimum atomic E-state index is -1.02. The van der Waals surface area contributed by atoms with Gasteiger partial charge in [0.1, 0.15) is 0 Å². The van der Waals surface area contributed by atoms with Crippen LogP contribution in [-0.4, -0.2) is 33.6 Å². The van der Waals surface area contributed by atoms with Crippen LogP contribution in [0.5, 0.6) is 0 Å². The molecule has 7 nitrogen and oxygen atoms in total. The molecule has 0 radical (unpaired) electrons. The molecule has 0 saturated carbocycles. The zero-order chi connectivity index (χ0) is 23.9. The van der Waals surface area contributed by atoms with Gasteiger partial charge in [-0.05, 0) is 35.0 Å². The van der Waals surface area contributed by atoms with E-state index < -0.39 is 5.97 Å². The number of benzene rings is 3. The fraction of sp³-hybridized carbons (Fsp3) is 0.120. The first kappa shape index (κ1) is 23.5. The molecule has 1 heterocycles. The first-order chi connectivity index (χ1) is 16.5. The Morgan fingerprint density at radius 3 is 2.53 bits per heavy atom. The number of nitrogens with one attached hydrogen (secondary N) is 2. The standard InChI is InChI=1S/C25H21N3O4S2/c29-22(10-11-24(31)32)26-19-6-3-7-20(13-19)33-15-23(30)28-25-27-21(14-34-25)18-9-8-16-4-1-2-5-17(16)12-18/h1-9,12-14H,10-11,15H2,(H,26,29)(H,31,32)(H,27,28,30). The first-order valence-electron chi connectivity index (χ1n) is 10.5. The maximum absolute atomic E-state index is 12.4. The van der Waals surface area contributed by atoms with E-state index >= 15 is 0 Å². The Kier molecular flexibility index (Phi) is 7.56. The number of aromatic nitrogens is 1. The molecule has 0 unspecified atom stereocenters. The van der Waals surface area contributed by atoms with E-state index in [-0.39, 0.29) is 30.4 Å². The van der Waals surface area contributed by atoms with Gasteiger partial charge in [0.25, 0.3) is 0 Å². The molecule has 0 fully saturated rings. The van der Waals surface area contributed by atoms with Crippen molar-refractivity contribution in [3.63, 3.8) is 0 Å². The minimum Gasteiger partial charge on any atom is -0.481 e. The molecule has 0 aliphatic rings. The molecule has 1 aromatic heterocycles. The van der Waals surface area contributed by atoms with Gasteiger partial charge in [0.15, 0.2) is 5.13 Å². The van der Waals surface area contributed by atoms with Gasteiger partial charge in [-0.2, -0.15) is 0 Å². The molecule has 34 heavy (non-hydrogen) atoms. The van der Waals surface area contributed by atoms with Gasteiger partial charge in [0, 0.05) is 27.9 Å². The lowest BCUT2D eigenvalue weighted by Gasteiger charge is -2.07. The number of carboxylic acids is 1. The molecular formula is C25H21N3O4S2. The molecule has 4 aromatic rings. The highest BCUT2D eigenvalue weighted by molar-refractivity contribution is 8.00. The summed E-state index contributed by atoms with van der Waals surface area (Å²) in [6.07, 6.45) is -0.316. The second-order valence-corrected chi connectivity index (χ2v) is 9.31. The number of nitrogens with zero attached hydrogens (tertiary/aromatic N) is 1. The molecule has 0 aliphatic heterocycles. The van der Waals surface area contributed by atoms with E-state index in [1.54, 1.807) is 18.2 Å². The van der Waals surface area contributed by atoms with Crippen molar-refractivity contribution >= 4 is 62.5 Å². The number of rotatable bonds is 9. The Balaban J connectivity index is 1.31. The third-order valence-electron chi connectivity index (χ3n) is 4.85. The molecule has 0 bridgehead atoms. The van der Waals surface area contributed by atoms with E-state index in [1.165, 1.54) is 23.1 Å². The molecule has 0 spiro atoms. The quantitative estimate of drug-likeness (QED) is 0.267. The fourth-order valence-electron chi connectivity index (χ4n) is 3.22. The minimum absolute atomic E-state index is 0.0931. The molecular weight excluding hydrogens is 470 g/mol. The van der Waals surface area contributed by atoms with Crippen LogP contribution in [0.3, 0.4) is 0 Å². The number of anilines is 2. The Bertz CT molecular complexity index is 1350. The lowest BCUT2D eigenvalue weighted by Crippen LogP contribution is -2.14. The molecule has 0 atom stereocenters. The van der Waals surface area contributed by atoms with Crippen LogP contribution in [0, 0.1) is 0 Å². The third-order valence-corrected chi connectivity index (χ3v) is 6.60. The van der Waals surface area contributed by atoms with Crippen molar-refractivity contribution in [1.29, 1.82) is 0 Å². The van der Waals surface area contributed by atoms with Crippen LogP contribution in [0.25, 0.3) is 22.0 Å². The topological polar surface area (TPSA) is 108 Å². The van der Waals surface area contributed by atoms with Crippen molar-refractivity contribution in [2.75, 3.05) is 16.4 Å². The molecule has 0 aliphatic carbocycles. The summed E-state index contributed by atoms with van der Waals surface area (Å²) < 4.78 is 0. The van der Waals surface area contributed by atoms with Crippen LogP contribution >= 0.6 is 23.1 Å². The summed E-state index contributed by atoms with van der Waals surface area (Å²) in [5.74, 6) is -1.38. The van der Waals surface area contributed by atoms with E-state index in [9.17, 15) is 14.4 Å². The SMILES string of the molecule is O=C(O)CCC(=O)Nc1cccc(SCC(=O)Nc2nc(-c3ccc4ccccc4c3)cs2)c1. The average Bonchev–Trinajstić information content (AvgIpc) is 3.30. The summed E-state index contributed by atoms with van der Waals surface area (Å²) in [7, 11) is 0. The monoisotopic (exact) mass is 491 g/mol. The maximum atomic E-state index is 12.4. The Labute approximate surface area is 204 Å². The van der Waals surface area contributed by atoms with Gasteiger partial charge in [-0.3, -0.25) is 14.4 Å². The summed E-state index contributed by atoms with van der Waals surface area (Å²) in [6.45, 7) is 0. The van der Waals surface area contributed by atoms with Gasteiger partial charge in [-0.1, -0.05) is 42.5 Å². The average molecular weight is 492 g/mol. The van der Waals surface area contributed by atoms with Gasteiger partial charge < -0.3 is 15.7 Å². The van der Waals surface area contributed by atoms with Crippen LogP contribution in [-0.2, 0) is 14.4 Å². The number of hydrogen-bond acceptors (Lipinski definition) is 6. The molecule has 0 saturated heterocycles. The van der Waals surface area contributed by atoms with Crippen LogP contribution in [0.2, 0.25) is 0 Å². The van der Waals surface area contributed by atoms with E-state index in [0.717, 1.165) is 26.9 Å². The number of aliphatic carboxylic acids is 1. The van der Waals surface area contributed by atoms with Crippen LogP contribution in [0.4, 0.5) is 10.8 Å². The summed E-state index contributed by atoms with van der Waals surface area (Å²) >= 11 is 2.71. The largest absolute Gasteiger partial charge is 0.481 e. The maximum Gasteiger partial charge on any atom is 0.303 e. The van der Waals surface area contributed by atoms with E-state index in [4.69, 9.17) is 5.11 Å². The summed E-state index contributed by atoms with van der Waals surface area (Å²) in [6, 6.07) is 21.4. The molecule has 2 amide bonds. The molecule has 9 heteroatoms. The van der Waals surface area contributed by atoms with Crippen LogP contribution in [0.15, 0.2) is 77.0 Å². The Hall–Kier alpha value is -3.69. The van der Waals surface area contributed by atoms with Crippen molar-refractivity contribution < 1.29 is 19.5 Å². The zero-order valence-electron chi connectivity index (χ0n) is 18.0. The molecule has 4 rings (SSSR count). The zero-order valence-corrected chi connectivity index (χ0v) is 19.6. The molecule has 3 N–H and O–H groups in total. The first-order valence-corrected chi connectivity index (χ1v) is 12.3. The van der Waals surface area contributed by atoms with Crippen LogP contribution in [0.1, 0.15) is 12.8 Å². The number of carbonyl (C=O) groups is 3. The van der Waals surface area contributed by atoms with Gasteiger partial charge in [-0.15, -0.1) is 23.1 Å². The van der Waals surface area contributed by atoms with E-state index in [0.29, 0.717) is 10.8 Å². The highest BCUT2D eigenvalue weighted by atomic mass is 32.2. The normalized spacial score (nSPS) is 10.7. The lowest BCUT2D eigenvalue weighted by atomic mass is 10.1. The van der Waals surface area contributed by atoms with Crippen molar-refractivity contribution in [3.05, 3.63) is 72.1 Å². The second-order valence-electron chi connectivity index (χ2n) is 7.41. The lowest BCUT2D eigenvalue weighted by molar-refractivity contribution is -0.138.